The number of carboxylic acid groups (broad SMARTS) is 1. The lowest BCUT2D eigenvalue weighted by Crippen LogP contribution is -2.18. The molecule has 0 aliphatic rings. The number of rotatable bonds is 3. The van der Waals surface area contributed by atoms with Gasteiger partial charge in [0.1, 0.15) is 5.56 Å². The first-order valence-corrected chi connectivity index (χ1v) is 5.98. The van der Waals surface area contributed by atoms with Crippen LogP contribution in [0, 0.1) is 0 Å². The van der Waals surface area contributed by atoms with E-state index in [1.165, 1.54) is 6.20 Å². The second-order valence-electron chi connectivity index (χ2n) is 4.03. The lowest BCUT2D eigenvalue weighted by atomic mass is 10.1. The number of hydrogen-bond donors (Lipinski definition) is 1. The number of aryl methyl sites for hydroxylation is 1. The Morgan fingerprint density at radius 3 is 2.78 bits per heavy atom. The van der Waals surface area contributed by atoms with Gasteiger partial charge in [-0.1, -0.05) is 18.5 Å². The first kappa shape index (κ1) is 12.6. The van der Waals surface area contributed by atoms with E-state index in [0.29, 0.717) is 22.5 Å². The summed E-state index contributed by atoms with van der Waals surface area (Å²) in [5.41, 5.74) is -0.0147. The van der Waals surface area contributed by atoms with Crippen molar-refractivity contribution in [3.05, 3.63) is 45.2 Å². The van der Waals surface area contributed by atoms with Gasteiger partial charge in [-0.3, -0.25) is 4.79 Å². The van der Waals surface area contributed by atoms with E-state index >= 15 is 0 Å². The van der Waals surface area contributed by atoms with Crippen LogP contribution in [0.3, 0.4) is 0 Å². The predicted molar refractivity (Wildman–Crippen MR) is 70.5 cm³/mol. The van der Waals surface area contributed by atoms with Gasteiger partial charge in [0, 0.05) is 23.2 Å². The SMILES string of the molecule is CCCn1cc(C(=O)O)c(=O)c2ccc(Cl)cc21. The van der Waals surface area contributed by atoms with Gasteiger partial charge in [0.15, 0.2) is 0 Å². The van der Waals surface area contributed by atoms with Crippen LogP contribution in [0.4, 0.5) is 0 Å². The van der Waals surface area contributed by atoms with Crippen LogP contribution in [0.2, 0.25) is 5.02 Å². The van der Waals surface area contributed by atoms with Crippen LogP contribution in [0.1, 0.15) is 23.7 Å². The Bertz CT molecular complexity index is 676. The molecule has 0 radical (unpaired) electrons. The molecule has 94 valence electrons. The highest BCUT2D eigenvalue weighted by Gasteiger charge is 2.14. The van der Waals surface area contributed by atoms with E-state index in [9.17, 15) is 9.59 Å². The van der Waals surface area contributed by atoms with Gasteiger partial charge < -0.3 is 9.67 Å². The summed E-state index contributed by atoms with van der Waals surface area (Å²) in [6.45, 7) is 2.62. The Hall–Kier alpha value is -1.81. The molecular weight excluding hydrogens is 254 g/mol. The number of carboxylic acids is 1. The Morgan fingerprint density at radius 2 is 2.17 bits per heavy atom. The molecule has 1 heterocycles. The normalized spacial score (nSPS) is 10.8. The maximum Gasteiger partial charge on any atom is 0.341 e. The van der Waals surface area contributed by atoms with Crippen molar-refractivity contribution in [2.24, 2.45) is 0 Å². The molecule has 2 aromatic rings. The summed E-state index contributed by atoms with van der Waals surface area (Å²) in [5, 5.41) is 9.94. The minimum atomic E-state index is -1.21. The predicted octanol–water partition coefficient (Wildman–Crippen LogP) is 2.76. The Balaban J connectivity index is 2.87. The molecule has 0 amide bonds. The number of aromatic nitrogens is 1. The maximum absolute atomic E-state index is 12.0. The molecule has 0 fully saturated rings. The number of carbonyl (C=O) groups is 1. The Morgan fingerprint density at radius 1 is 1.44 bits per heavy atom. The largest absolute Gasteiger partial charge is 0.477 e. The lowest BCUT2D eigenvalue weighted by Gasteiger charge is -2.11. The highest BCUT2D eigenvalue weighted by atomic mass is 35.5. The third-order valence-corrected chi connectivity index (χ3v) is 2.97. The molecule has 0 saturated carbocycles. The third kappa shape index (κ3) is 2.11. The molecule has 1 N–H and O–H groups in total. The molecule has 0 saturated heterocycles. The monoisotopic (exact) mass is 265 g/mol. The van der Waals surface area contributed by atoms with Gasteiger partial charge in [-0.15, -0.1) is 0 Å². The van der Waals surface area contributed by atoms with Crippen LogP contribution in [0.15, 0.2) is 29.2 Å². The van der Waals surface area contributed by atoms with Gasteiger partial charge in [-0.05, 0) is 24.6 Å². The van der Waals surface area contributed by atoms with Crippen LogP contribution < -0.4 is 5.43 Å². The van der Waals surface area contributed by atoms with Crippen LogP contribution in [0.25, 0.3) is 10.9 Å². The summed E-state index contributed by atoms with van der Waals surface area (Å²) >= 11 is 5.91. The number of nitrogens with zero attached hydrogens (tertiary/aromatic N) is 1. The topological polar surface area (TPSA) is 59.3 Å². The average molecular weight is 266 g/mol. The van der Waals surface area contributed by atoms with Gasteiger partial charge in [-0.2, -0.15) is 0 Å². The smallest absolute Gasteiger partial charge is 0.341 e. The van der Waals surface area contributed by atoms with E-state index in [4.69, 9.17) is 16.7 Å². The van der Waals surface area contributed by atoms with Crippen molar-refractivity contribution in [1.82, 2.24) is 4.57 Å². The fourth-order valence-corrected chi connectivity index (χ4v) is 2.11. The summed E-state index contributed by atoms with van der Waals surface area (Å²) < 4.78 is 1.76. The van der Waals surface area contributed by atoms with Gasteiger partial charge >= 0.3 is 5.97 Å². The lowest BCUT2D eigenvalue weighted by molar-refractivity contribution is 0.0695. The molecule has 0 spiro atoms. The van der Waals surface area contributed by atoms with Gasteiger partial charge in [0.2, 0.25) is 5.43 Å². The molecule has 0 bridgehead atoms. The summed E-state index contributed by atoms with van der Waals surface area (Å²) in [6, 6.07) is 4.84. The molecule has 1 aromatic carbocycles. The van der Waals surface area contributed by atoms with Crippen LogP contribution in [-0.2, 0) is 6.54 Å². The van der Waals surface area contributed by atoms with E-state index in [0.717, 1.165) is 6.42 Å². The van der Waals surface area contributed by atoms with Crippen molar-refractivity contribution in [2.75, 3.05) is 0 Å². The number of pyridine rings is 1. The molecule has 4 nitrogen and oxygen atoms in total. The summed E-state index contributed by atoms with van der Waals surface area (Å²) in [7, 11) is 0. The highest BCUT2D eigenvalue weighted by Crippen LogP contribution is 2.18. The molecular formula is C13H12ClNO3. The minimum absolute atomic E-state index is 0.210. The molecule has 0 atom stereocenters. The Labute approximate surface area is 108 Å². The standard InChI is InChI=1S/C13H12ClNO3/c1-2-5-15-7-10(13(17)18)12(16)9-4-3-8(14)6-11(9)15/h3-4,6-7H,2,5H2,1H3,(H,17,18). The van der Waals surface area contributed by atoms with E-state index in [1.807, 2.05) is 6.92 Å². The molecule has 5 heteroatoms. The van der Waals surface area contributed by atoms with E-state index in [2.05, 4.69) is 0 Å². The second kappa shape index (κ2) is 4.82. The van der Waals surface area contributed by atoms with Crippen molar-refractivity contribution in [3.63, 3.8) is 0 Å². The zero-order chi connectivity index (χ0) is 13.3. The molecule has 0 unspecified atom stereocenters. The quantitative estimate of drug-likeness (QED) is 0.928. The van der Waals surface area contributed by atoms with Gasteiger partial charge in [0.25, 0.3) is 0 Å². The van der Waals surface area contributed by atoms with Crippen molar-refractivity contribution >= 4 is 28.5 Å². The number of halogens is 1. The minimum Gasteiger partial charge on any atom is -0.477 e. The number of benzene rings is 1. The first-order chi connectivity index (χ1) is 8.54. The van der Waals surface area contributed by atoms with E-state index < -0.39 is 11.4 Å². The number of aromatic carboxylic acids is 1. The number of hydrogen-bond acceptors (Lipinski definition) is 2. The number of fused-ring (bicyclic) bond motifs is 1. The van der Waals surface area contributed by atoms with E-state index in [1.54, 1.807) is 22.8 Å². The van der Waals surface area contributed by atoms with Crippen LogP contribution in [-0.4, -0.2) is 15.6 Å². The van der Waals surface area contributed by atoms with Crippen molar-refractivity contribution in [2.45, 2.75) is 19.9 Å². The molecule has 2 rings (SSSR count). The van der Waals surface area contributed by atoms with Gasteiger partial charge in [0.05, 0.1) is 5.52 Å². The third-order valence-electron chi connectivity index (χ3n) is 2.74. The molecule has 18 heavy (non-hydrogen) atoms. The van der Waals surface area contributed by atoms with Crippen molar-refractivity contribution in [1.29, 1.82) is 0 Å². The molecule has 0 aliphatic carbocycles. The fraction of sp³-hybridized carbons (Fsp3) is 0.231. The Kier molecular flexibility index (Phi) is 3.39. The van der Waals surface area contributed by atoms with Crippen LogP contribution in [0.5, 0.6) is 0 Å². The summed E-state index contributed by atoms with van der Waals surface area (Å²) in [5.74, 6) is -1.21. The van der Waals surface area contributed by atoms with E-state index in [-0.39, 0.29) is 5.56 Å². The maximum atomic E-state index is 12.0. The average Bonchev–Trinajstić information content (AvgIpc) is 2.32. The summed E-state index contributed by atoms with van der Waals surface area (Å²) in [6.07, 6.45) is 2.22. The zero-order valence-electron chi connectivity index (χ0n) is 9.81. The van der Waals surface area contributed by atoms with Crippen molar-refractivity contribution in [3.8, 4) is 0 Å². The fourth-order valence-electron chi connectivity index (χ4n) is 1.94. The highest BCUT2D eigenvalue weighted by molar-refractivity contribution is 6.31. The summed E-state index contributed by atoms with van der Waals surface area (Å²) in [4.78, 5) is 23.0. The van der Waals surface area contributed by atoms with Gasteiger partial charge in [-0.25, -0.2) is 4.79 Å². The zero-order valence-corrected chi connectivity index (χ0v) is 10.6. The molecule has 0 aliphatic heterocycles. The first-order valence-electron chi connectivity index (χ1n) is 5.60. The molecule has 1 aromatic heterocycles. The van der Waals surface area contributed by atoms with Crippen molar-refractivity contribution < 1.29 is 9.90 Å². The second-order valence-corrected chi connectivity index (χ2v) is 4.47. The van der Waals surface area contributed by atoms with Crippen LogP contribution >= 0.6 is 11.6 Å².